The Balaban J connectivity index is 2.54. The molecule has 0 heterocycles. The highest BCUT2D eigenvalue weighted by Gasteiger charge is 2.58. The third kappa shape index (κ3) is 5.12. The van der Waals surface area contributed by atoms with Crippen molar-refractivity contribution in [1.29, 1.82) is 0 Å². The minimum absolute atomic E-state index is 0.415. The summed E-state index contributed by atoms with van der Waals surface area (Å²) in [6.45, 7) is 7.83. The van der Waals surface area contributed by atoms with Gasteiger partial charge in [-0.2, -0.15) is 0 Å². The maximum atomic E-state index is 12.8. The monoisotopic (exact) mass is 452 g/mol. The molecule has 2 aliphatic rings. The number of rotatable bonds is 12. The Bertz CT molecular complexity index is 555. The lowest BCUT2D eigenvalue weighted by Gasteiger charge is -2.59. The molecule has 2 unspecified atom stereocenters. The second-order valence-corrected chi connectivity index (χ2v) is 12.5. The number of hydrogen-bond donors (Lipinski definition) is 0. The lowest BCUT2D eigenvalue weighted by molar-refractivity contribution is -0.313. The van der Waals surface area contributed by atoms with Gasteiger partial charge in [-0.05, 0) is 63.2 Å². The largest absolute Gasteiger partial charge is 0.549 e. The minimum Gasteiger partial charge on any atom is -0.549 e. The highest BCUT2D eigenvalue weighted by atomic mass is 32.2. The number of unbranched alkanes of at least 4 members (excludes halogenated alkanes) is 2. The second-order valence-electron chi connectivity index (χ2n) is 10.6. The van der Waals surface area contributed by atoms with Crippen LogP contribution in [0.5, 0.6) is 0 Å². The summed E-state index contributed by atoms with van der Waals surface area (Å²) in [5.74, 6) is -2.19. The van der Waals surface area contributed by atoms with Gasteiger partial charge in [0.25, 0.3) is 0 Å². The number of carbonyl (C=O) groups is 2. The smallest absolute Gasteiger partial charge is 0.0591 e. The summed E-state index contributed by atoms with van der Waals surface area (Å²) in [5.41, 5.74) is -0.829. The van der Waals surface area contributed by atoms with Gasteiger partial charge in [0.05, 0.1) is 21.4 Å². The molecule has 0 amide bonds. The van der Waals surface area contributed by atoms with Crippen molar-refractivity contribution in [3.05, 3.63) is 0 Å². The van der Waals surface area contributed by atoms with E-state index in [4.69, 9.17) is 0 Å². The third-order valence-corrected chi connectivity index (χ3v) is 10.9. The van der Waals surface area contributed by atoms with E-state index >= 15 is 0 Å². The molecule has 4 nitrogen and oxygen atoms in total. The van der Waals surface area contributed by atoms with Crippen molar-refractivity contribution in [2.24, 2.45) is 10.8 Å². The van der Waals surface area contributed by atoms with Crippen molar-refractivity contribution < 1.29 is 19.8 Å². The van der Waals surface area contributed by atoms with E-state index in [2.05, 4.69) is 13.8 Å². The van der Waals surface area contributed by atoms with E-state index in [1.54, 1.807) is 13.8 Å². The van der Waals surface area contributed by atoms with Gasteiger partial charge in [0.1, 0.15) is 0 Å². The van der Waals surface area contributed by atoms with Crippen LogP contribution in [-0.2, 0) is 9.59 Å². The molecule has 180 valence electrons. The van der Waals surface area contributed by atoms with Gasteiger partial charge in [-0.25, -0.2) is 0 Å². The minimum atomic E-state index is -1.24. The van der Waals surface area contributed by atoms with E-state index in [9.17, 15) is 19.8 Å². The van der Waals surface area contributed by atoms with Crippen LogP contribution in [0, 0.1) is 10.8 Å². The van der Waals surface area contributed by atoms with Gasteiger partial charge in [0.2, 0.25) is 0 Å². The first kappa shape index (κ1) is 26.5. The molecule has 0 aromatic heterocycles. The van der Waals surface area contributed by atoms with Crippen molar-refractivity contribution in [2.45, 2.75) is 140 Å². The molecule has 0 spiro atoms. The molecule has 0 aromatic rings. The Labute approximate surface area is 194 Å². The Kier molecular flexibility index (Phi) is 9.37. The standard InChI is InChI=1S/C26H46O4S/c1-5-7-15-25(17-11-9-12-18-25)23(3,21(27)28)31-24(4,22(29)30)26(16-8-6-2)19-13-10-14-20-26/h5-20H2,1-4H3,(H,27,28)(H,29,30)/p-2. The maximum absolute atomic E-state index is 12.8. The molecular weight excluding hydrogens is 408 g/mol. The third-order valence-electron chi connectivity index (χ3n) is 8.85. The van der Waals surface area contributed by atoms with Gasteiger partial charge in [-0.1, -0.05) is 78.1 Å². The van der Waals surface area contributed by atoms with Crippen molar-refractivity contribution >= 4 is 23.7 Å². The fourth-order valence-corrected chi connectivity index (χ4v) is 8.59. The molecule has 0 N–H and O–H groups in total. The number of thioether (sulfide) groups is 1. The van der Waals surface area contributed by atoms with Crippen LogP contribution >= 0.6 is 11.8 Å². The average molecular weight is 453 g/mol. The predicted octanol–water partition coefficient (Wildman–Crippen LogP) is 5.02. The summed E-state index contributed by atoms with van der Waals surface area (Å²) < 4.78 is -2.48. The molecule has 0 aliphatic heterocycles. The topological polar surface area (TPSA) is 80.3 Å². The highest BCUT2D eigenvalue weighted by molar-refractivity contribution is 8.03. The van der Waals surface area contributed by atoms with Gasteiger partial charge in [-0.15, -0.1) is 11.8 Å². The molecule has 5 heteroatoms. The van der Waals surface area contributed by atoms with Gasteiger partial charge >= 0.3 is 0 Å². The van der Waals surface area contributed by atoms with E-state index in [1.165, 1.54) is 11.8 Å². The van der Waals surface area contributed by atoms with E-state index in [1.807, 2.05) is 0 Å². The molecular formula is C26H44O4S-2. The SMILES string of the molecule is CCCCC1(C(C)(SC(C)(C(=O)[O-])C2(CCCC)CCCCC2)C(=O)[O-])CCCCC1. The zero-order chi connectivity index (χ0) is 23.2. The first-order valence-electron chi connectivity index (χ1n) is 12.8. The number of aliphatic carboxylic acids is 2. The molecule has 2 aliphatic carbocycles. The van der Waals surface area contributed by atoms with Gasteiger partial charge in [0.15, 0.2) is 0 Å². The van der Waals surface area contributed by atoms with Crippen LogP contribution in [0.3, 0.4) is 0 Å². The first-order valence-corrected chi connectivity index (χ1v) is 13.6. The van der Waals surface area contributed by atoms with Crippen LogP contribution in [0.4, 0.5) is 0 Å². The van der Waals surface area contributed by atoms with Crippen molar-refractivity contribution in [3.63, 3.8) is 0 Å². The van der Waals surface area contributed by atoms with Crippen LogP contribution in [0.25, 0.3) is 0 Å². The quantitative estimate of drug-likeness (QED) is 0.415. The van der Waals surface area contributed by atoms with Gasteiger partial charge in [-0.3, -0.25) is 0 Å². The normalized spacial score (nSPS) is 24.6. The first-order chi connectivity index (χ1) is 14.6. The van der Waals surface area contributed by atoms with Crippen LogP contribution in [-0.4, -0.2) is 21.4 Å². The van der Waals surface area contributed by atoms with E-state index in [-0.39, 0.29) is 0 Å². The second kappa shape index (κ2) is 10.9. The molecule has 0 aromatic carbocycles. The van der Waals surface area contributed by atoms with Crippen molar-refractivity contribution in [2.75, 3.05) is 0 Å². The Morgan fingerprint density at radius 1 is 0.710 bits per heavy atom. The maximum Gasteiger partial charge on any atom is 0.0591 e. The zero-order valence-electron chi connectivity index (χ0n) is 20.4. The summed E-state index contributed by atoms with van der Waals surface area (Å²) in [5, 5.41) is 25.7. The van der Waals surface area contributed by atoms with Crippen LogP contribution in [0.1, 0.15) is 130 Å². The molecule has 2 saturated carbocycles. The van der Waals surface area contributed by atoms with Gasteiger partial charge in [0, 0.05) is 0 Å². The number of hydrogen-bond acceptors (Lipinski definition) is 5. The van der Waals surface area contributed by atoms with Crippen molar-refractivity contribution in [1.82, 2.24) is 0 Å². The molecule has 2 rings (SSSR count). The Morgan fingerprint density at radius 3 is 1.29 bits per heavy atom. The molecule has 0 radical (unpaired) electrons. The molecule has 2 fully saturated rings. The predicted molar refractivity (Wildman–Crippen MR) is 125 cm³/mol. The van der Waals surface area contributed by atoms with E-state index in [0.717, 1.165) is 103 Å². The molecule has 2 atom stereocenters. The van der Waals surface area contributed by atoms with Crippen molar-refractivity contribution in [3.8, 4) is 0 Å². The zero-order valence-corrected chi connectivity index (χ0v) is 21.2. The van der Waals surface area contributed by atoms with E-state index in [0.29, 0.717) is 0 Å². The fraction of sp³-hybridized carbons (Fsp3) is 0.923. The summed E-state index contributed by atoms with van der Waals surface area (Å²) in [6, 6.07) is 0. The lowest BCUT2D eigenvalue weighted by atomic mass is 9.62. The fourth-order valence-electron chi connectivity index (χ4n) is 6.56. The van der Waals surface area contributed by atoms with Gasteiger partial charge < -0.3 is 19.8 Å². The Morgan fingerprint density at radius 2 is 1.03 bits per heavy atom. The van der Waals surface area contributed by atoms with E-state index < -0.39 is 32.3 Å². The summed E-state index contributed by atoms with van der Waals surface area (Å²) in [7, 11) is 0. The number of carbonyl (C=O) groups excluding carboxylic acids is 2. The summed E-state index contributed by atoms with van der Waals surface area (Å²) in [6.07, 6.45) is 15.3. The lowest BCUT2D eigenvalue weighted by Crippen LogP contribution is -2.64. The summed E-state index contributed by atoms with van der Waals surface area (Å²) >= 11 is 1.20. The van der Waals surface area contributed by atoms with Crippen LogP contribution in [0.2, 0.25) is 0 Å². The molecule has 0 saturated heterocycles. The molecule has 31 heavy (non-hydrogen) atoms. The number of carboxylic acid groups (broad SMARTS) is 2. The average Bonchev–Trinajstić information content (AvgIpc) is 2.77. The van der Waals surface area contributed by atoms with Crippen LogP contribution < -0.4 is 10.2 Å². The summed E-state index contributed by atoms with van der Waals surface area (Å²) in [4.78, 5) is 25.7. The number of carboxylic acids is 2. The Hall–Kier alpha value is -0.710. The highest BCUT2D eigenvalue weighted by Crippen LogP contribution is 2.63. The van der Waals surface area contributed by atoms with Crippen LogP contribution in [0.15, 0.2) is 0 Å². The molecule has 0 bridgehead atoms.